The lowest BCUT2D eigenvalue weighted by atomic mass is 10.2. The lowest BCUT2D eigenvalue weighted by Crippen LogP contribution is -1.86. The van der Waals surface area contributed by atoms with Crippen LogP contribution in [0.1, 0.15) is 0 Å². The predicted molar refractivity (Wildman–Crippen MR) is 45.0 cm³/mol. The normalized spacial score (nSPS) is 45.4. The Morgan fingerprint density at radius 1 is 0.909 bits per heavy atom. The van der Waals surface area contributed by atoms with E-state index in [1.165, 1.54) is 0 Å². The van der Waals surface area contributed by atoms with E-state index in [1.54, 1.807) is 0 Å². The van der Waals surface area contributed by atoms with Crippen molar-refractivity contribution in [2.24, 2.45) is 17.8 Å². The highest BCUT2D eigenvalue weighted by atomic mass is 16.3. The van der Waals surface area contributed by atoms with Crippen molar-refractivity contribution in [3.63, 3.8) is 0 Å². The Kier molecular flexibility index (Phi) is 1.66. The number of aliphatic hydroxyl groups excluding tert-OH is 1. The number of hydrogen-bond donors (Lipinski definition) is 1. The summed E-state index contributed by atoms with van der Waals surface area (Å²) < 4.78 is 0. The summed E-state index contributed by atoms with van der Waals surface area (Å²) in [5.74, 6) is 1.68. The van der Waals surface area contributed by atoms with Gasteiger partial charge in [0.2, 0.25) is 0 Å². The van der Waals surface area contributed by atoms with E-state index in [0.717, 1.165) is 0 Å². The van der Waals surface area contributed by atoms with Crippen LogP contribution in [0.2, 0.25) is 0 Å². The van der Waals surface area contributed by atoms with Crippen molar-refractivity contribution in [1.29, 1.82) is 0 Å². The quantitative estimate of drug-likeness (QED) is 0.597. The molecule has 3 atom stereocenters. The zero-order valence-electron chi connectivity index (χ0n) is 6.35. The summed E-state index contributed by atoms with van der Waals surface area (Å²) in [5.41, 5.74) is 0. The Morgan fingerprint density at radius 3 is 1.91 bits per heavy atom. The average Bonchev–Trinajstić information content (AvgIpc) is 2.60. The van der Waals surface area contributed by atoms with Crippen LogP contribution in [0.25, 0.3) is 0 Å². The molecule has 0 heterocycles. The molecule has 2 aliphatic carbocycles. The smallest absolute Gasteiger partial charge is 0.0470 e. The summed E-state index contributed by atoms with van der Waals surface area (Å²) >= 11 is 0. The first-order valence-electron chi connectivity index (χ1n) is 4.06. The van der Waals surface area contributed by atoms with Crippen LogP contribution in [0.15, 0.2) is 36.5 Å². The van der Waals surface area contributed by atoms with Crippen LogP contribution >= 0.6 is 0 Å². The van der Waals surface area contributed by atoms with E-state index < -0.39 is 0 Å². The fraction of sp³-hybridized carbons (Fsp3) is 0.400. The minimum Gasteiger partial charge on any atom is -0.396 e. The molecule has 0 aromatic heterocycles. The van der Waals surface area contributed by atoms with Gasteiger partial charge in [-0.2, -0.15) is 0 Å². The first-order valence-corrected chi connectivity index (χ1v) is 4.06. The molecule has 1 unspecified atom stereocenters. The lowest BCUT2D eigenvalue weighted by Gasteiger charge is -1.85. The SMILES string of the molecule is OCC1[C@H]2C=C/C=C\C=C/[C@@H]12. The molecule has 2 aliphatic rings. The summed E-state index contributed by atoms with van der Waals surface area (Å²) in [7, 11) is 0. The van der Waals surface area contributed by atoms with Crippen molar-refractivity contribution in [3.05, 3.63) is 36.5 Å². The van der Waals surface area contributed by atoms with Gasteiger partial charge in [-0.15, -0.1) is 0 Å². The Bertz CT molecular complexity index is 203. The largest absolute Gasteiger partial charge is 0.396 e. The van der Waals surface area contributed by atoms with E-state index in [1.807, 2.05) is 12.2 Å². The fourth-order valence-corrected chi connectivity index (χ4v) is 1.73. The predicted octanol–water partition coefficient (Wildman–Crippen LogP) is 1.52. The van der Waals surface area contributed by atoms with E-state index in [4.69, 9.17) is 5.11 Å². The molecule has 1 N–H and O–H groups in total. The molecule has 11 heavy (non-hydrogen) atoms. The molecule has 0 radical (unpaired) electrons. The second kappa shape index (κ2) is 2.67. The molecule has 0 aromatic carbocycles. The Balaban J connectivity index is 2.12. The molecule has 1 saturated carbocycles. The highest BCUT2D eigenvalue weighted by molar-refractivity contribution is 5.24. The second-order valence-corrected chi connectivity index (χ2v) is 3.16. The van der Waals surface area contributed by atoms with Crippen molar-refractivity contribution < 1.29 is 5.11 Å². The summed E-state index contributed by atoms with van der Waals surface area (Å²) in [6.07, 6.45) is 12.6. The molecule has 0 spiro atoms. The van der Waals surface area contributed by atoms with E-state index in [0.29, 0.717) is 24.4 Å². The highest BCUT2D eigenvalue weighted by Gasteiger charge is 2.45. The lowest BCUT2D eigenvalue weighted by molar-refractivity contribution is 0.269. The highest BCUT2D eigenvalue weighted by Crippen LogP contribution is 2.48. The number of fused-ring (bicyclic) bond motifs is 1. The average molecular weight is 148 g/mol. The van der Waals surface area contributed by atoms with E-state index >= 15 is 0 Å². The first-order chi connectivity index (χ1) is 5.43. The van der Waals surface area contributed by atoms with Gasteiger partial charge in [0, 0.05) is 6.61 Å². The Labute approximate surface area is 66.7 Å². The Morgan fingerprint density at radius 2 is 1.45 bits per heavy atom. The molecule has 1 nitrogen and oxygen atoms in total. The van der Waals surface area contributed by atoms with Gasteiger partial charge in [-0.1, -0.05) is 36.5 Å². The Hall–Kier alpha value is -0.820. The molecule has 0 aromatic rings. The molecule has 1 heteroatoms. The third kappa shape index (κ3) is 1.16. The van der Waals surface area contributed by atoms with Crippen LogP contribution in [-0.4, -0.2) is 11.7 Å². The molecule has 1 fully saturated rings. The summed E-state index contributed by atoms with van der Waals surface area (Å²) in [4.78, 5) is 0. The number of hydrogen-bond acceptors (Lipinski definition) is 1. The van der Waals surface area contributed by atoms with Crippen LogP contribution in [0, 0.1) is 17.8 Å². The third-order valence-electron chi connectivity index (χ3n) is 2.50. The van der Waals surface area contributed by atoms with E-state index in [9.17, 15) is 0 Å². The van der Waals surface area contributed by atoms with Crippen LogP contribution in [-0.2, 0) is 0 Å². The van der Waals surface area contributed by atoms with Gasteiger partial charge in [0.1, 0.15) is 0 Å². The zero-order valence-corrected chi connectivity index (χ0v) is 6.35. The molecule has 0 saturated heterocycles. The summed E-state index contributed by atoms with van der Waals surface area (Å²) in [6.45, 7) is 0.323. The van der Waals surface area contributed by atoms with Crippen LogP contribution in [0.3, 0.4) is 0 Å². The van der Waals surface area contributed by atoms with E-state index in [-0.39, 0.29) is 0 Å². The monoisotopic (exact) mass is 148 g/mol. The number of aliphatic hydroxyl groups is 1. The van der Waals surface area contributed by atoms with E-state index in [2.05, 4.69) is 24.3 Å². The molecule has 0 amide bonds. The zero-order chi connectivity index (χ0) is 7.68. The molecule has 2 rings (SSSR count). The maximum absolute atomic E-state index is 8.93. The van der Waals surface area contributed by atoms with Gasteiger partial charge in [-0.05, 0) is 17.8 Å². The maximum Gasteiger partial charge on any atom is 0.0470 e. The van der Waals surface area contributed by atoms with Crippen molar-refractivity contribution in [2.45, 2.75) is 0 Å². The minimum atomic E-state index is 0.323. The van der Waals surface area contributed by atoms with Gasteiger partial charge in [-0.25, -0.2) is 0 Å². The van der Waals surface area contributed by atoms with Gasteiger partial charge in [-0.3, -0.25) is 0 Å². The van der Waals surface area contributed by atoms with Gasteiger partial charge >= 0.3 is 0 Å². The van der Waals surface area contributed by atoms with Gasteiger partial charge in [0.05, 0.1) is 0 Å². The molecular weight excluding hydrogens is 136 g/mol. The fourth-order valence-electron chi connectivity index (χ4n) is 1.73. The third-order valence-corrected chi connectivity index (χ3v) is 2.50. The molecule has 0 bridgehead atoms. The van der Waals surface area contributed by atoms with Crippen molar-refractivity contribution in [2.75, 3.05) is 6.61 Å². The maximum atomic E-state index is 8.93. The molecular formula is C10H12O. The molecule has 0 aliphatic heterocycles. The first kappa shape index (κ1) is 6.86. The van der Waals surface area contributed by atoms with Crippen molar-refractivity contribution in [3.8, 4) is 0 Å². The van der Waals surface area contributed by atoms with Gasteiger partial charge in [0.25, 0.3) is 0 Å². The van der Waals surface area contributed by atoms with Crippen molar-refractivity contribution >= 4 is 0 Å². The second-order valence-electron chi connectivity index (χ2n) is 3.16. The summed E-state index contributed by atoms with van der Waals surface area (Å²) in [6, 6.07) is 0. The number of rotatable bonds is 1. The van der Waals surface area contributed by atoms with Crippen LogP contribution < -0.4 is 0 Å². The van der Waals surface area contributed by atoms with Crippen LogP contribution in [0.5, 0.6) is 0 Å². The van der Waals surface area contributed by atoms with Gasteiger partial charge in [0.15, 0.2) is 0 Å². The minimum absolute atomic E-state index is 0.323. The topological polar surface area (TPSA) is 20.2 Å². The van der Waals surface area contributed by atoms with Crippen LogP contribution in [0.4, 0.5) is 0 Å². The number of allylic oxidation sites excluding steroid dienone is 6. The van der Waals surface area contributed by atoms with Crippen molar-refractivity contribution in [1.82, 2.24) is 0 Å². The standard InChI is InChI=1S/C10H12O/c11-7-10-8-5-3-1-2-4-6-9(8)10/h1-6,8-11H,7H2/b2-1-,5-3-,6-4?/t8-,9+,10?/m1/s1. The van der Waals surface area contributed by atoms with Gasteiger partial charge < -0.3 is 5.11 Å². The molecule has 58 valence electrons. The summed E-state index contributed by atoms with van der Waals surface area (Å²) in [5, 5.41) is 8.93.